The molecule has 0 radical (unpaired) electrons. The van der Waals surface area contributed by atoms with Crippen LogP contribution in [0.4, 0.5) is 0 Å². The topological polar surface area (TPSA) is 120 Å². The fourth-order valence-electron chi connectivity index (χ4n) is 5.24. The molecule has 1 amide bonds. The number of fused-ring (bicyclic) bond motifs is 1. The van der Waals surface area contributed by atoms with Gasteiger partial charge in [0.2, 0.25) is 12.7 Å². The summed E-state index contributed by atoms with van der Waals surface area (Å²) in [6, 6.07) is 16.9. The number of aryl methyl sites for hydroxylation is 1. The van der Waals surface area contributed by atoms with E-state index in [0.717, 1.165) is 83.1 Å². The highest BCUT2D eigenvalue weighted by Gasteiger charge is 2.30. The summed E-state index contributed by atoms with van der Waals surface area (Å²) < 4.78 is 10.9. The Morgan fingerprint density at radius 3 is 2.10 bits per heavy atom. The molecule has 0 unspecified atom stereocenters. The maximum absolute atomic E-state index is 13.1. The molecule has 0 spiro atoms. The molecule has 0 aromatic heterocycles. The molecule has 0 bridgehead atoms. The number of carboxylic acids is 2. The van der Waals surface area contributed by atoms with Crippen molar-refractivity contribution in [3.05, 3.63) is 59.7 Å². The molecule has 2 saturated heterocycles. The lowest BCUT2D eigenvalue weighted by Crippen LogP contribution is -2.51. The molecule has 2 fully saturated rings. The number of aliphatic carboxylic acids is 2. The predicted molar refractivity (Wildman–Crippen MR) is 144 cm³/mol. The number of piperazine rings is 1. The number of ether oxygens (including phenoxy) is 2. The zero-order valence-electron chi connectivity index (χ0n) is 22.2. The Labute approximate surface area is 228 Å². The van der Waals surface area contributed by atoms with Gasteiger partial charge < -0.3 is 29.5 Å². The lowest BCUT2D eigenvalue weighted by Gasteiger charge is -2.38. The Hall–Kier alpha value is -3.63. The van der Waals surface area contributed by atoms with E-state index in [9.17, 15) is 4.79 Å². The number of benzene rings is 2. The average molecular weight is 540 g/mol. The molecule has 10 heteroatoms. The Bertz CT molecular complexity index is 1100. The molecule has 0 atom stereocenters. The fourth-order valence-corrected chi connectivity index (χ4v) is 5.24. The van der Waals surface area contributed by atoms with Crippen molar-refractivity contribution in [2.45, 2.75) is 32.2 Å². The molecular formula is C29H37N3O7. The van der Waals surface area contributed by atoms with E-state index in [1.807, 2.05) is 6.07 Å². The molecule has 3 heterocycles. The molecule has 210 valence electrons. The summed E-state index contributed by atoms with van der Waals surface area (Å²) in [6.07, 6.45) is 4.33. The zero-order valence-corrected chi connectivity index (χ0v) is 22.2. The van der Waals surface area contributed by atoms with Gasteiger partial charge in [-0.05, 0) is 68.6 Å². The lowest BCUT2D eigenvalue weighted by molar-refractivity contribution is -0.159. The first-order valence-corrected chi connectivity index (χ1v) is 13.5. The minimum Gasteiger partial charge on any atom is -0.473 e. The minimum absolute atomic E-state index is 0.204. The van der Waals surface area contributed by atoms with Gasteiger partial charge in [-0.15, -0.1) is 0 Å². The third-order valence-corrected chi connectivity index (χ3v) is 7.43. The summed E-state index contributed by atoms with van der Waals surface area (Å²) in [5.74, 6) is -1.40. The number of likely N-dealkylation sites (tertiary alicyclic amines) is 1. The second-order valence-electron chi connectivity index (χ2n) is 10.1. The smallest absolute Gasteiger partial charge is 0.414 e. The van der Waals surface area contributed by atoms with Crippen molar-refractivity contribution in [2.24, 2.45) is 5.92 Å². The summed E-state index contributed by atoms with van der Waals surface area (Å²) in [6.45, 7) is 7.96. The predicted octanol–water partition coefficient (Wildman–Crippen LogP) is 2.56. The van der Waals surface area contributed by atoms with E-state index in [1.165, 1.54) is 17.5 Å². The number of carboxylic acid groups (broad SMARTS) is 2. The van der Waals surface area contributed by atoms with Crippen molar-refractivity contribution in [3.63, 3.8) is 0 Å². The van der Waals surface area contributed by atoms with Gasteiger partial charge in [-0.1, -0.05) is 36.4 Å². The molecule has 3 aliphatic heterocycles. The van der Waals surface area contributed by atoms with Crippen molar-refractivity contribution in [2.75, 3.05) is 52.6 Å². The second-order valence-corrected chi connectivity index (χ2v) is 10.1. The van der Waals surface area contributed by atoms with Crippen molar-refractivity contribution >= 4 is 17.8 Å². The average Bonchev–Trinajstić information content (AvgIpc) is 3.42. The van der Waals surface area contributed by atoms with Crippen LogP contribution in [0.25, 0.3) is 0 Å². The molecule has 2 N–H and O–H groups in total. The van der Waals surface area contributed by atoms with Crippen molar-refractivity contribution in [1.29, 1.82) is 0 Å². The number of piperidine rings is 1. The first-order valence-electron chi connectivity index (χ1n) is 13.5. The molecule has 2 aromatic carbocycles. The molecule has 3 aliphatic rings. The van der Waals surface area contributed by atoms with Crippen LogP contribution in [0.1, 0.15) is 30.4 Å². The highest BCUT2D eigenvalue weighted by molar-refractivity contribution is 6.27. The third-order valence-electron chi connectivity index (χ3n) is 7.43. The largest absolute Gasteiger partial charge is 0.473 e. The van der Waals surface area contributed by atoms with Crippen LogP contribution in [-0.4, -0.2) is 95.4 Å². The van der Waals surface area contributed by atoms with Gasteiger partial charge in [-0.2, -0.15) is 0 Å². The van der Waals surface area contributed by atoms with Gasteiger partial charge >= 0.3 is 11.9 Å². The molecular weight excluding hydrogens is 502 g/mol. The monoisotopic (exact) mass is 539 g/mol. The van der Waals surface area contributed by atoms with Crippen molar-refractivity contribution in [1.82, 2.24) is 14.7 Å². The Balaban J connectivity index is 0.000000531. The van der Waals surface area contributed by atoms with Gasteiger partial charge in [-0.25, -0.2) is 9.59 Å². The summed E-state index contributed by atoms with van der Waals surface area (Å²) >= 11 is 0. The standard InChI is InChI=1S/C27H35N3O3.C2H2O4/c31-27(24-10-13-28(14-11-24)12-4-7-22-5-2-1-3-6-22)30-17-15-29(16-18-30)20-23-8-9-25-26(19-23)33-21-32-25;3-1(4)2(5)6/h1-3,5-6,8-9,19,24H,4,7,10-18,20-21H2;(H,3,4)(H,5,6). The quantitative estimate of drug-likeness (QED) is 0.512. The van der Waals surface area contributed by atoms with Gasteiger partial charge in [0.15, 0.2) is 11.5 Å². The summed E-state index contributed by atoms with van der Waals surface area (Å²) in [4.78, 5) is 38.4. The summed E-state index contributed by atoms with van der Waals surface area (Å²) in [7, 11) is 0. The van der Waals surface area contributed by atoms with Crippen molar-refractivity contribution < 1.29 is 34.1 Å². The number of hydrogen-bond donors (Lipinski definition) is 2. The molecule has 39 heavy (non-hydrogen) atoms. The SMILES string of the molecule is O=C(C1CCN(CCCc2ccccc2)CC1)N1CCN(Cc2ccc3c(c2)OCO3)CC1.O=C(O)C(=O)O. The van der Waals surface area contributed by atoms with E-state index in [-0.39, 0.29) is 5.92 Å². The van der Waals surface area contributed by atoms with Crippen LogP contribution in [-0.2, 0) is 27.3 Å². The highest BCUT2D eigenvalue weighted by atomic mass is 16.7. The fraction of sp³-hybridized carbons (Fsp3) is 0.483. The van der Waals surface area contributed by atoms with Crippen LogP contribution < -0.4 is 9.47 Å². The van der Waals surface area contributed by atoms with Crippen LogP contribution in [0.5, 0.6) is 11.5 Å². The lowest BCUT2D eigenvalue weighted by atomic mass is 9.94. The Morgan fingerprint density at radius 2 is 1.44 bits per heavy atom. The van der Waals surface area contributed by atoms with Crippen LogP contribution in [0.3, 0.4) is 0 Å². The zero-order chi connectivity index (χ0) is 27.6. The first-order chi connectivity index (χ1) is 18.9. The number of nitrogens with zero attached hydrogens (tertiary/aromatic N) is 3. The normalized spacial score (nSPS) is 17.8. The highest BCUT2D eigenvalue weighted by Crippen LogP contribution is 2.33. The van der Waals surface area contributed by atoms with E-state index in [2.05, 4.69) is 57.2 Å². The Morgan fingerprint density at radius 1 is 0.769 bits per heavy atom. The van der Waals surface area contributed by atoms with Gasteiger partial charge in [-0.3, -0.25) is 9.69 Å². The molecule has 0 saturated carbocycles. The maximum Gasteiger partial charge on any atom is 0.414 e. The number of carbonyl (C=O) groups excluding carboxylic acids is 1. The van der Waals surface area contributed by atoms with Gasteiger partial charge in [0.1, 0.15) is 0 Å². The first kappa shape index (κ1) is 28.4. The van der Waals surface area contributed by atoms with Crippen LogP contribution in [0.15, 0.2) is 48.5 Å². The third kappa shape index (κ3) is 8.43. The molecule has 5 rings (SSSR count). The number of rotatable bonds is 7. The summed E-state index contributed by atoms with van der Waals surface area (Å²) in [5, 5.41) is 14.8. The van der Waals surface area contributed by atoms with Gasteiger partial charge in [0, 0.05) is 38.6 Å². The van der Waals surface area contributed by atoms with Crippen LogP contribution >= 0.6 is 0 Å². The van der Waals surface area contributed by atoms with E-state index in [0.29, 0.717) is 12.7 Å². The Kier molecular flexibility index (Phi) is 10.2. The van der Waals surface area contributed by atoms with Gasteiger partial charge in [0.05, 0.1) is 0 Å². The summed E-state index contributed by atoms with van der Waals surface area (Å²) in [5.41, 5.74) is 2.65. The number of carbonyl (C=O) groups is 3. The molecule has 10 nitrogen and oxygen atoms in total. The minimum atomic E-state index is -1.82. The molecule has 2 aromatic rings. The van der Waals surface area contributed by atoms with E-state index in [1.54, 1.807) is 0 Å². The van der Waals surface area contributed by atoms with Crippen molar-refractivity contribution in [3.8, 4) is 11.5 Å². The van der Waals surface area contributed by atoms with Gasteiger partial charge in [0.25, 0.3) is 0 Å². The molecule has 0 aliphatic carbocycles. The maximum atomic E-state index is 13.1. The van der Waals surface area contributed by atoms with Crippen LogP contribution in [0.2, 0.25) is 0 Å². The van der Waals surface area contributed by atoms with E-state index < -0.39 is 11.9 Å². The van der Waals surface area contributed by atoms with Crippen LogP contribution in [0, 0.1) is 5.92 Å². The second kappa shape index (κ2) is 14.0. The van der Waals surface area contributed by atoms with E-state index >= 15 is 0 Å². The number of amides is 1. The van der Waals surface area contributed by atoms with E-state index in [4.69, 9.17) is 29.3 Å². The number of hydrogen-bond acceptors (Lipinski definition) is 7.